The van der Waals surface area contributed by atoms with Gasteiger partial charge in [-0.05, 0) is 12.5 Å². The highest BCUT2D eigenvalue weighted by atomic mass is 16.5. The van der Waals surface area contributed by atoms with Crippen molar-refractivity contribution in [2.45, 2.75) is 25.2 Å². The molecule has 110 valence electrons. The Hall–Kier alpha value is -2.14. The molecule has 1 aromatic rings. The zero-order valence-corrected chi connectivity index (χ0v) is 11.6. The fourth-order valence-electron chi connectivity index (χ4n) is 3.05. The lowest BCUT2D eigenvalue weighted by molar-refractivity contribution is -0.146. The van der Waals surface area contributed by atoms with Crippen molar-refractivity contribution >= 4 is 11.9 Å². The van der Waals surface area contributed by atoms with Crippen molar-refractivity contribution in [3.8, 4) is 0 Å². The van der Waals surface area contributed by atoms with E-state index in [9.17, 15) is 14.7 Å². The van der Waals surface area contributed by atoms with Gasteiger partial charge in [-0.15, -0.1) is 0 Å². The van der Waals surface area contributed by atoms with Gasteiger partial charge in [-0.3, -0.25) is 9.59 Å². The van der Waals surface area contributed by atoms with Crippen LogP contribution < -0.4 is 5.32 Å². The van der Waals surface area contributed by atoms with Crippen LogP contribution in [0.25, 0.3) is 0 Å². The average molecular weight is 287 g/mol. The highest BCUT2D eigenvalue weighted by molar-refractivity contribution is 5.87. The predicted molar refractivity (Wildman–Crippen MR) is 75.4 cm³/mol. The Morgan fingerprint density at radius 1 is 1.14 bits per heavy atom. The molecule has 0 spiro atoms. The largest absolute Gasteiger partial charge is 0.481 e. The topological polar surface area (TPSA) is 75.6 Å². The lowest BCUT2D eigenvalue weighted by Crippen LogP contribution is -2.43. The van der Waals surface area contributed by atoms with Gasteiger partial charge in [0, 0.05) is 0 Å². The van der Waals surface area contributed by atoms with Crippen molar-refractivity contribution in [2.24, 2.45) is 11.8 Å². The maximum absolute atomic E-state index is 12.4. The van der Waals surface area contributed by atoms with Crippen LogP contribution in [0.2, 0.25) is 0 Å². The van der Waals surface area contributed by atoms with Gasteiger partial charge in [0.15, 0.2) is 0 Å². The molecular formula is C16H17NO4. The minimum atomic E-state index is -0.987. The summed E-state index contributed by atoms with van der Waals surface area (Å²) in [5.41, 5.74) is 0.984. The van der Waals surface area contributed by atoms with Gasteiger partial charge in [-0.2, -0.15) is 0 Å². The normalized spacial score (nSPS) is 31.1. The summed E-state index contributed by atoms with van der Waals surface area (Å²) in [6, 6.07) is 9.40. The van der Waals surface area contributed by atoms with Crippen LogP contribution in [-0.2, 0) is 14.3 Å². The van der Waals surface area contributed by atoms with E-state index in [1.807, 2.05) is 37.3 Å². The van der Waals surface area contributed by atoms with Gasteiger partial charge in [0.05, 0.1) is 24.2 Å². The highest BCUT2D eigenvalue weighted by Crippen LogP contribution is 2.39. The van der Waals surface area contributed by atoms with E-state index < -0.39 is 30.0 Å². The summed E-state index contributed by atoms with van der Waals surface area (Å²) < 4.78 is 5.51. The van der Waals surface area contributed by atoms with Gasteiger partial charge < -0.3 is 15.2 Å². The summed E-state index contributed by atoms with van der Waals surface area (Å²) in [6.07, 6.45) is 2.59. The molecule has 2 aliphatic rings. The van der Waals surface area contributed by atoms with E-state index in [0.29, 0.717) is 0 Å². The van der Waals surface area contributed by atoms with Crippen LogP contribution >= 0.6 is 0 Å². The van der Waals surface area contributed by atoms with E-state index in [1.54, 1.807) is 12.2 Å². The lowest BCUT2D eigenvalue weighted by atomic mass is 9.82. The van der Waals surface area contributed by atoms with E-state index in [2.05, 4.69) is 5.32 Å². The number of rotatable bonds is 4. The second-order valence-corrected chi connectivity index (χ2v) is 5.48. The Bertz CT molecular complexity index is 583. The van der Waals surface area contributed by atoms with Crippen molar-refractivity contribution in [2.75, 3.05) is 0 Å². The zero-order valence-electron chi connectivity index (χ0n) is 11.6. The van der Waals surface area contributed by atoms with Crippen LogP contribution in [0.5, 0.6) is 0 Å². The Kier molecular flexibility index (Phi) is 3.51. The number of carbonyl (C=O) groups excluding carboxylic acids is 1. The molecule has 0 radical (unpaired) electrons. The Balaban J connectivity index is 1.73. The van der Waals surface area contributed by atoms with E-state index in [0.717, 1.165) is 5.56 Å². The van der Waals surface area contributed by atoms with Gasteiger partial charge in [-0.25, -0.2) is 0 Å². The van der Waals surface area contributed by atoms with Gasteiger partial charge in [0.1, 0.15) is 5.92 Å². The molecule has 2 bridgehead atoms. The van der Waals surface area contributed by atoms with Crippen LogP contribution in [0, 0.1) is 11.8 Å². The first kappa shape index (κ1) is 13.8. The zero-order chi connectivity index (χ0) is 15.0. The quantitative estimate of drug-likeness (QED) is 0.823. The number of hydrogen-bond acceptors (Lipinski definition) is 3. The summed E-state index contributed by atoms with van der Waals surface area (Å²) >= 11 is 0. The van der Waals surface area contributed by atoms with Crippen molar-refractivity contribution in [3.63, 3.8) is 0 Å². The number of benzene rings is 1. The molecule has 0 saturated carbocycles. The smallest absolute Gasteiger partial charge is 0.310 e. The first-order valence-electron chi connectivity index (χ1n) is 7.00. The standard InChI is InChI=1S/C16H17NO4/c1-9(10-5-3-2-4-6-10)17-15(18)13-11-7-8-12(21-11)14(13)16(19)20/h2-9,11-14H,1H3,(H,17,18)(H,19,20)/t9-,11?,12?,13?,14?/m0/s1. The molecule has 4 unspecified atom stereocenters. The molecule has 0 aromatic heterocycles. The maximum atomic E-state index is 12.4. The number of carbonyl (C=O) groups is 2. The molecule has 21 heavy (non-hydrogen) atoms. The molecule has 2 aliphatic heterocycles. The minimum absolute atomic E-state index is 0.170. The molecule has 1 saturated heterocycles. The molecule has 0 aliphatic carbocycles. The van der Waals surface area contributed by atoms with Crippen LogP contribution in [0.3, 0.4) is 0 Å². The minimum Gasteiger partial charge on any atom is -0.481 e. The average Bonchev–Trinajstić information content (AvgIpc) is 3.08. The number of ether oxygens (including phenoxy) is 1. The van der Waals surface area contributed by atoms with Gasteiger partial charge in [0.2, 0.25) is 5.91 Å². The molecular weight excluding hydrogens is 270 g/mol. The summed E-state index contributed by atoms with van der Waals surface area (Å²) in [5.74, 6) is -2.72. The Morgan fingerprint density at radius 3 is 2.38 bits per heavy atom. The SMILES string of the molecule is C[C@H](NC(=O)C1C2C=CC(O2)C1C(=O)O)c1ccccc1. The predicted octanol–water partition coefficient (Wildman–Crippen LogP) is 1.52. The van der Waals surface area contributed by atoms with Crippen molar-refractivity contribution < 1.29 is 19.4 Å². The van der Waals surface area contributed by atoms with E-state index in [-0.39, 0.29) is 11.9 Å². The summed E-state index contributed by atoms with van der Waals surface area (Å²) in [7, 11) is 0. The second-order valence-electron chi connectivity index (χ2n) is 5.48. The van der Waals surface area contributed by atoms with E-state index in [4.69, 9.17) is 4.74 Å². The molecule has 1 aromatic carbocycles. The van der Waals surface area contributed by atoms with Crippen molar-refractivity contribution in [3.05, 3.63) is 48.0 Å². The van der Waals surface area contributed by atoms with Gasteiger partial charge in [0.25, 0.3) is 0 Å². The second kappa shape index (κ2) is 5.33. The number of nitrogens with one attached hydrogen (secondary N) is 1. The third kappa shape index (κ3) is 2.45. The van der Waals surface area contributed by atoms with E-state index in [1.165, 1.54) is 0 Å². The molecule has 1 amide bonds. The van der Waals surface area contributed by atoms with E-state index >= 15 is 0 Å². The summed E-state index contributed by atoms with van der Waals surface area (Å²) in [6.45, 7) is 1.88. The first-order valence-corrected chi connectivity index (χ1v) is 7.00. The van der Waals surface area contributed by atoms with Gasteiger partial charge in [-0.1, -0.05) is 42.5 Å². The number of amides is 1. The molecule has 2 N–H and O–H groups in total. The number of carboxylic acid groups (broad SMARTS) is 1. The highest BCUT2D eigenvalue weighted by Gasteiger charge is 2.53. The van der Waals surface area contributed by atoms with Crippen LogP contribution in [0.15, 0.2) is 42.5 Å². The first-order chi connectivity index (χ1) is 10.1. The molecule has 5 atom stereocenters. The molecule has 5 heteroatoms. The van der Waals surface area contributed by atoms with Crippen LogP contribution in [-0.4, -0.2) is 29.2 Å². The fourth-order valence-corrected chi connectivity index (χ4v) is 3.05. The molecule has 2 heterocycles. The number of aliphatic carboxylic acids is 1. The fraction of sp³-hybridized carbons (Fsp3) is 0.375. The molecule has 1 fully saturated rings. The molecule has 5 nitrogen and oxygen atoms in total. The van der Waals surface area contributed by atoms with Gasteiger partial charge >= 0.3 is 5.97 Å². The summed E-state index contributed by atoms with van der Waals surface area (Å²) in [4.78, 5) is 23.8. The third-order valence-electron chi connectivity index (χ3n) is 4.15. The Morgan fingerprint density at radius 2 is 1.76 bits per heavy atom. The van der Waals surface area contributed by atoms with Crippen LogP contribution in [0.4, 0.5) is 0 Å². The lowest BCUT2D eigenvalue weighted by Gasteiger charge is -2.23. The third-order valence-corrected chi connectivity index (χ3v) is 4.15. The number of hydrogen-bond donors (Lipinski definition) is 2. The van der Waals surface area contributed by atoms with Crippen molar-refractivity contribution in [1.29, 1.82) is 0 Å². The maximum Gasteiger partial charge on any atom is 0.310 e. The Labute approximate surface area is 122 Å². The molecule has 3 rings (SSSR count). The van der Waals surface area contributed by atoms with Crippen molar-refractivity contribution in [1.82, 2.24) is 5.32 Å². The number of carboxylic acids is 1. The monoisotopic (exact) mass is 287 g/mol. The number of fused-ring (bicyclic) bond motifs is 2. The summed E-state index contributed by atoms with van der Waals surface area (Å²) in [5, 5.41) is 12.2. The van der Waals surface area contributed by atoms with Crippen LogP contribution in [0.1, 0.15) is 18.5 Å².